The molecule has 3 rings (SSSR count). The summed E-state index contributed by atoms with van der Waals surface area (Å²) in [5.41, 5.74) is 2.42. The van der Waals surface area contributed by atoms with Gasteiger partial charge in [-0.25, -0.2) is 14.5 Å². The summed E-state index contributed by atoms with van der Waals surface area (Å²) >= 11 is 0. The lowest BCUT2D eigenvalue weighted by atomic mass is 10.1. The summed E-state index contributed by atoms with van der Waals surface area (Å²) in [6.45, 7) is 5.75. The van der Waals surface area contributed by atoms with Crippen LogP contribution in [0.25, 0.3) is 11.0 Å². The van der Waals surface area contributed by atoms with Crippen molar-refractivity contribution in [3.63, 3.8) is 0 Å². The number of aryl methyl sites for hydroxylation is 1. The van der Waals surface area contributed by atoms with Crippen LogP contribution in [0, 0.1) is 6.92 Å². The third-order valence-electron chi connectivity index (χ3n) is 4.22. The van der Waals surface area contributed by atoms with Gasteiger partial charge in [0.25, 0.3) is 5.91 Å². The molecule has 0 aliphatic rings. The summed E-state index contributed by atoms with van der Waals surface area (Å²) in [5, 5.41) is 17.0. The zero-order valence-corrected chi connectivity index (χ0v) is 15.4. The zero-order valence-electron chi connectivity index (χ0n) is 15.4. The van der Waals surface area contributed by atoms with E-state index in [2.05, 4.69) is 20.4 Å². The minimum atomic E-state index is -1.10. The third kappa shape index (κ3) is 3.94. The van der Waals surface area contributed by atoms with Gasteiger partial charge in [-0.05, 0) is 44.5 Å². The molecule has 140 valence electrons. The van der Waals surface area contributed by atoms with Crippen LogP contribution in [0.3, 0.4) is 0 Å². The first-order chi connectivity index (χ1) is 12.9. The van der Waals surface area contributed by atoms with Crippen LogP contribution in [0.4, 0.5) is 0 Å². The molecule has 8 heteroatoms. The van der Waals surface area contributed by atoms with Gasteiger partial charge in [-0.2, -0.15) is 5.10 Å². The second kappa shape index (κ2) is 7.53. The lowest BCUT2D eigenvalue weighted by Crippen LogP contribution is -2.42. The van der Waals surface area contributed by atoms with E-state index in [1.54, 1.807) is 48.4 Å². The van der Waals surface area contributed by atoms with Crippen LogP contribution >= 0.6 is 0 Å². The average Bonchev–Trinajstić information content (AvgIpc) is 3.05. The van der Waals surface area contributed by atoms with Gasteiger partial charge in [-0.15, -0.1) is 0 Å². The van der Waals surface area contributed by atoms with Crippen molar-refractivity contribution in [2.24, 2.45) is 0 Å². The fourth-order valence-electron chi connectivity index (χ4n) is 2.90. The number of nitrogens with one attached hydrogen (secondary N) is 1. The molecular formula is C19H21N5O3. The van der Waals surface area contributed by atoms with Crippen LogP contribution in [0.1, 0.15) is 41.5 Å². The highest BCUT2D eigenvalue weighted by atomic mass is 16.4. The lowest BCUT2D eigenvalue weighted by Gasteiger charge is -2.15. The number of nitrogens with zero attached hydrogens (tertiary/aromatic N) is 4. The number of carboxylic acid groups (broad SMARTS) is 1. The molecule has 0 aliphatic carbocycles. The Balaban J connectivity index is 1.91. The molecule has 8 nitrogen and oxygen atoms in total. The fraction of sp³-hybridized carbons (Fsp3) is 0.316. The number of amides is 1. The van der Waals surface area contributed by atoms with Gasteiger partial charge in [-0.1, -0.05) is 0 Å². The molecule has 0 bridgehead atoms. The number of carboxylic acids is 1. The van der Waals surface area contributed by atoms with E-state index in [1.807, 2.05) is 13.8 Å². The Morgan fingerprint density at radius 1 is 1.26 bits per heavy atom. The Hall–Kier alpha value is -3.29. The van der Waals surface area contributed by atoms with Crippen molar-refractivity contribution in [2.45, 2.75) is 39.3 Å². The van der Waals surface area contributed by atoms with Gasteiger partial charge in [0.1, 0.15) is 6.04 Å². The van der Waals surface area contributed by atoms with Crippen molar-refractivity contribution in [1.82, 2.24) is 25.1 Å². The molecule has 3 aromatic rings. The van der Waals surface area contributed by atoms with E-state index < -0.39 is 17.9 Å². The van der Waals surface area contributed by atoms with Crippen molar-refractivity contribution in [3.05, 3.63) is 53.6 Å². The largest absolute Gasteiger partial charge is 0.480 e. The molecule has 3 heterocycles. The normalized spacial score (nSPS) is 12.3. The number of carbonyl (C=O) groups is 2. The van der Waals surface area contributed by atoms with Crippen molar-refractivity contribution < 1.29 is 14.7 Å². The van der Waals surface area contributed by atoms with Crippen LogP contribution in [-0.2, 0) is 11.2 Å². The fourth-order valence-corrected chi connectivity index (χ4v) is 2.90. The number of fused-ring (bicyclic) bond motifs is 1. The van der Waals surface area contributed by atoms with Crippen molar-refractivity contribution in [2.75, 3.05) is 0 Å². The van der Waals surface area contributed by atoms with Crippen LogP contribution in [0.2, 0.25) is 0 Å². The Morgan fingerprint density at radius 3 is 2.59 bits per heavy atom. The molecule has 0 aromatic carbocycles. The SMILES string of the molecule is Cc1cc(C(=O)NC(Cc2ccncc2)C(=O)O)c2cnn(C(C)C)c2n1. The maximum Gasteiger partial charge on any atom is 0.326 e. The van der Waals surface area contributed by atoms with E-state index in [-0.39, 0.29) is 12.5 Å². The molecule has 1 unspecified atom stereocenters. The number of pyridine rings is 2. The molecule has 1 atom stereocenters. The highest BCUT2D eigenvalue weighted by Crippen LogP contribution is 2.21. The molecule has 0 aliphatic heterocycles. The van der Waals surface area contributed by atoms with Gasteiger partial charge >= 0.3 is 5.97 Å². The van der Waals surface area contributed by atoms with Crippen molar-refractivity contribution in [3.8, 4) is 0 Å². The molecule has 3 aromatic heterocycles. The van der Waals surface area contributed by atoms with E-state index in [9.17, 15) is 14.7 Å². The highest BCUT2D eigenvalue weighted by molar-refractivity contribution is 6.06. The minimum absolute atomic E-state index is 0.0890. The van der Waals surface area contributed by atoms with Gasteiger partial charge < -0.3 is 10.4 Å². The van der Waals surface area contributed by atoms with Gasteiger partial charge in [0.05, 0.1) is 17.1 Å². The summed E-state index contributed by atoms with van der Waals surface area (Å²) in [6, 6.07) is 4.14. The molecule has 0 spiro atoms. The maximum absolute atomic E-state index is 12.8. The molecule has 1 amide bonds. The maximum atomic E-state index is 12.8. The molecule has 0 radical (unpaired) electrons. The number of carbonyl (C=O) groups excluding carboxylic acids is 1. The second-order valence-electron chi connectivity index (χ2n) is 6.66. The molecule has 0 fully saturated rings. The summed E-state index contributed by atoms with van der Waals surface area (Å²) in [6.07, 6.45) is 4.94. The lowest BCUT2D eigenvalue weighted by molar-refractivity contribution is -0.139. The molecular weight excluding hydrogens is 346 g/mol. The van der Waals surface area contributed by atoms with E-state index in [4.69, 9.17) is 0 Å². The zero-order chi connectivity index (χ0) is 19.6. The monoisotopic (exact) mass is 367 g/mol. The Morgan fingerprint density at radius 2 is 1.96 bits per heavy atom. The van der Waals surface area contributed by atoms with Gasteiger partial charge in [0.15, 0.2) is 5.65 Å². The van der Waals surface area contributed by atoms with Crippen molar-refractivity contribution >= 4 is 22.9 Å². The van der Waals surface area contributed by atoms with Crippen LogP contribution in [-0.4, -0.2) is 42.8 Å². The topological polar surface area (TPSA) is 110 Å². The van der Waals surface area contributed by atoms with Gasteiger partial charge in [-0.3, -0.25) is 9.78 Å². The van der Waals surface area contributed by atoms with E-state index in [0.29, 0.717) is 22.3 Å². The number of aromatic nitrogens is 4. The Labute approximate surface area is 156 Å². The minimum Gasteiger partial charge on any atom is -0.480 e. The standard InChI is InChI=1S/C19H21N5O3/c1-11(2)24-17-15(10-21-24)14(8-12(3)22-17)18(25)23-16(19(26)27)9-13-4-6-20-7-5-13/h4-8,10-11,16H,9H2,1-3H3,(H,23,25)(H,26,27). The first kappa shape index (κ1) is 18.5. The number of hydrogen-bond acceptors (Lipinski definition) is 5. The second-order valence-corrected chi connectivity index (χ2v) is 6.66. The summed E-state index contributed by atoms with van der Waals surface area (Å²) in [4.78, 5) is 32.9. The van der Waals surface area contributed by atoms with Crippen molar-refractivity contribution in [1.29, 1.82) is 0 Å². The van der Waals surface area contributed by atoms with Gasteiger partial charge in [0, 0.05) is 30.6 Å². The summed E-state index contributed by atoms with van der Waals surface area (Å²) < 4.78 is 1.74. The van der Waals surface area contributed by atoms with Crippen LogP contribution < -0.4 is 5.32 Å². The van der Waals surface area contributed by atoms with Crippen LogP contribution in [0.5, 0.6) is 0 Å². The molecule has 2 N–H and O–H groups in total. The number of aliphatic carboxylic acids is 1. The van der Waals surface area contributed by atoms with Crippen LogP contribution in [0.15, 0.2) is 36.8 Å². The summed E-state index contributed by atoms with van der Waals surface area (Å²) in [5.74, 6) is -1.56. The molecule has 27 heavy (non-hydrogen) atoms. The predicted molar refractivity (Wildman–Crippen MR) is 99.5 cm³/mol. The quantitative estimate of drug-likeness (QED) is 0.691. The molecule has 0 saturated heterocycles. The molecule has 0 saturated carbocycles. The Bertz CT molecular complexity index is 982. The first-order valence-corrected chi connectivity index (χ1v) is 8.64. The smallest absolute Gasteiger partial charge is 0.326 e. The van der Waals surface area contributed by atoms with E-state index >= 15 is 0 Å². The Kier molecular flexibility index (Phi) is 5.16. The van der Waals surface area contributed by atoms with E-state index in [1.165, 1.54) is 0 Å². The summed E-state index contributed by atoms with van der Waals surface area (Å²) in [7, 11) is 0. The third-order valence-corrected chi connectivity index (χ3v) is 4.22. The number of hydrogen-bond donors (Lipinski definition) is 2. The van der Waals surface area contributed by atoms with Gasteiger partial charge in [0.2, 0.25) is 0 Å². The predicted octanol–water partition coefficient (Wildman–Crippen LogP) is 2.14. The van der Waals surface area contributed by atoms with E-state index in [0.717, 1.165) is 5.56 Å². The highest BCUT2D eigenvalue weighted by Gasteiger charge is 2.23. The first-order valence-electron chi connectivity index (χ1n) is 8.64. The average molecular weight is 367 g/mol. The number of rotatable bonds is 6.